The maximum absolute atomic E-state index is 2.57. The third-order valence-electron chi connectivity index (χ3n) is 3.69. The van der Waals surface area contributed by atoms with Crippen LogP contribution in [0.3, 0.4) is 0 Å². The quantitative estimate of drug-likeness (QED) is 0.696. The molecule has 0 atom stereocenters. The Morgan fingerprint density at radius 3 is 2.56 bits per heavy atom. The van der Waals surface area contributed by atoms with E-state index < -0.39 is 0 Å². The largest absolute Gasteiger partial charge is 0.296 e. The molecule has 1 aliphatic rings. The fraction of sp³-hybridized carbons (Fsp3) is 0.600. The van der Waals surface area contributed by atoms with E-state index >= 15 is 0 Å². The fourth-order valence-corrected chi connectivity index (χ4v) is 2.75. The van der Waals surface area contributed by atoms with Gasteiger partial charge in [0.2, 0.25) is 0 Å². The molecule has 1 heteroatoms. The summed E-state index contributed by atoms with van der Waals surface area (Å²) in [6, 6.07) is 7.55. The molecule has 2 rings (SSSR count). The van der Waals surface area contributed by atoms with Crippen molar-refractivity contribution >= 4 is 0 Å². The highest BCUT2D eigenvalue weighted by Crippen LogP contribution is 2.34. The Morgan fingerprint density at radius 1 is 1.25 bits per heavy atom. The lowest BCUT2D eigenvalue weighted by Gasteiger charge is -2.42. The molecule has 1 aromatic carbocycles. The van der Waals surface area contributed by atoms with Crippen LogP contribution in [0.1, 0.15) is 44.4 Å². The molecule has 0 N–H and O–H groups in total. The van der Waals surface area contributed by atoms with E-state index in [4.69, 9.17) is 0 Å². The highest BCUT2D eigenvalue weighted by Gasteiger charge is 2.32. The molecular formula is C15H23N. The molecule has 0 spiro atoms. The minimum Gasteiger partial charge on any atom is -0.296 e. The van der Waals surface area contributed by atoms with Crippen molar-refractivity contribution in [3.8, 4) is 0 Å². The first-order chi connectivity index (χ1) is 7.40. The Labute approximate surface area is 99.5 Å². The molecule has 1 heterocycles. The van der Waals surface area contributed by atoms with Gasteiger partial charge in [-0.05, 0) is 31.9 Å². The average molecular weight is 217 g/mol. The van der Waals surface area contributed by atoms with Gasteiger partial charge in [-0.25, -0.2) is 0 Å². The normalized spacial score (nSPS) is 19.9. The Hall–Kier alpha value is -0.820. The molecule has 0 unspecified atom stereocenters. The number of nitrogens with zero attached hydrogens (tertiary/aromatic N) is 1. The Balaban J connectivity index is 2.43. The number of rotatable bonds is 1. The van der Waals surface area contributed by atoms with Crippen molar-refractivity contribution in [1.82, 2.24) is 4.90 Å². The summed E-state index contributed by atoms with van der Waals surface area (Å²) >= 11 is 0. The molecule has 0 radical (unpaired) electrons. The van der Waals surface area contributed by atoms with Gasteiger partial charge in [0.25, 0.3) is 0 Å². The molecule has 0 fully saturated rings. The molecule has 1 nitrogen and oxygen atoms in total. The third-order valence-corrected chi connectivity index (χ3v) is 3.69. The van der Waals surface area contributed by atoms with Crippen LogP contribution in [0.5, 0.6) is 0 Å². The summed E-state index contributed by atoms with van der Waals surface area (Å²) in [6.45, 7) is 13.7. The standard InChI is InChI=1S/C15H23N/c1-11(2)16-9-13-8-12(3)6-7-14(13)15(4,5)10-16/h6-8,11H,9-10H2,1-5H3. The molecule has 16 heavy (non-hydrogen) atoms. The highest BCUT2D eigenvalue weighted by molar-refractivity contribution is 5.38. The summed E-state index contributed by atoms with van der Waals surface area (Å²) in [5.41, 5.74) is 4.71. The lowest BCUT2D eigenvalue weighted by molar-refractivity contribution is 0.154. The van der Waals surface area contributed by atoms with Gasteiger partial charge in [0.1, 0.15) is 0 Å². The van der Waals surface area contributed by atoms with E-state index in [-0.39, 0.29) is 5.41 Å². The van der Waals surface area contributed by atoms with Gasteiger partial charge >= 0.3 is 0 Å². The lowest BCUT2D eigenvalue weighted by Crippen LogP contribution is -2.45. The molecule has 0 aromatic heterocycles. The van der Waals surface area contributed by atoms with E-state index in [0.29, 0.717) is 6.04 Å². The molecule has 0 saturated heterocycles. The van der Waals surface area contributed by atoms with Crippen molar-refractivity contribution in [3.05, 3.63) is 34.9 Å². The summed E-state index contributed by atoms with van der Waals surface area (Å²) in [7, 11) is 0. The first kappa shape index (κ1) is 11.7. The zero-order valence-electron chi connectivity index (χ0n) is 11.2. The van der Waals surface area contributed by atoms with E-state index in [1.165, 1.54) is 23.2 Å². The van der Waals surface area contributed by atoms with Crippen molar-refractivity contribution in [1.29, 1.82) is 0 Å². The van der Waals surface area contributed by atoms with Crippen LogP contribution in [0.15, 0.2) is 18.2 Å². The Bertz CT molecular complexity index is 390. The van der Waals surface area contributed by atoms with Gasteiger partial charge in [0.15, 0.2) is 0 Å². The lowest BCUT2D eigenvalue weighted by atomic mass is 9.77. The Morgan fingerprint density at radius 2 is 1.94 bits per heavy atom. The van der Waals surface area contributed by atoms with Crippen molar-refractivity contribution in [2.24, 2.45) is 0 Å². The van der Waals surface area contributed by atoms with Crippen LogP contribution in [0.2, 0.25) is 0 Å². The number of fused-ring (bicyclic) bond motifs is 1. The number of benzene rings is 1. The Kier molecular flexibility index (Phi) is 2.83. The smallest absolute Gasteiger partial charge is 0.0239 e. The summed E-state index contributed by atoms with van der Waals surface area (Å²) in [5.74, 6) is 0. The summed E-state index contributed by atoms with van der Waals surface area (Å²) in [6.07, 6.45) is 0. The molecule has 1 aromatic rings. The van der Waals surface area contributed by atoms with Crippen molar-refractivity contribution in [2.45, 2.75) is 52.6 Å². The van der Waals surface area contributed by atoms with Crippen molar-refractivity contribution < 1.29 is 0 Å². The molecule has 0 aliphatic carbocycles. The van der Waals surface area contributed by atoms with E-state index in [2.05, 4.69) is 57.7 Å². The van der Waals surface area contributed by atoms with Gasteiger partial charge in [-0.3, -0.25) is 4.90 Å². The molecule has 88 valence electrons. The van der Waals surface area contributed by atoms with E-state index in [1.54, 1.807) is 0 Å². The first-order valence-corrected chi connectivity index (χ1v) is 6.24. The minimum atomic E-state index is 0.283. The average Bonchev–Trinajstić information content (AvgIpc) is 2.15. The maximum atomic E-state index is 2.57. The van der Waals surface area contributed by atoms with Crippen LogP contribution in [0.25, 0.3) is 0 Å². The van der Waals surface area contributed by atoms with E-state index in [9.17, 15) is 0 Å². The summed E-state index contributed by atoms with van der Waals surface area (Å²) in [4.78, 5) is 2.57. The topological polar surface area (TPSA) is 3.24 Å². The first-order valence-electron chi connectivity index (χ1n) is 6.24. The highest BCUT2D eigenvalue weighted by atomic mass is 15.2. The summed E-state index contributed by atoms with van der Waals surface area (Å²) in [5, 5.41) is 0. The van der Waals surface area contributed by atoms with Crippen LogP contribution in [0.4, 0.5) is 0 Å². The van der Waals surface area contributed by atoms with Gasteiger partial charge in [-0.1, -0.05) is 37.6 Å². The van der Waals surface area contributed by atoms with Gasteiger partial charge in [-0.2, -0.15) is 0 Å². The van der Waals surface area contributed by atoms with Gasteiger partial charge < -0.3 is 0 Å². The predicted molar refractivity (Wildman–Crippen MR) is 69.8 cm³/mol. The molecule has 1 aliphatic heterocycles. The maximum Gasteiger partial charge on any atom is 0.0239 e. The predicted octanol–water partition coefficient (Wildman–Crippen LogP) is 3.50. The van der Waals surface area contributed by atoms with Crippen LogP contribution in [0, 0.1) is 6.92 Å². The monoisotopic (exact) mass is 217 g/mol. The van der Waals surface area contributed by atoms with Crippen LogP contribution in [-0.2, 0) is 12.0 Å². The number of hydrogen-bond donors (Lipinski definition) is 0. The number of hydrogen-bond acceptors (Lipinski definition) is 1. The third kappa shape index (κ3) is 2.01. The molecule has 0 saturated carbocycles. The van der Waals surface area contributed by atoms with E-state index in [1.807, 2.05) is 0 Å². The fourth-order valence-electron chi connectivity index (χ4n) is 2.75. The second-order valence-corrected chi connectivity index (χ2v) is 6.04. The van der Waals surface area contributed by atoms with Crippen LogP contribution < -0.4 is 0 Å². The SMILES string of the molecule is Cc1ccc2c(c1)CN(C(C)C)CC2(C)C. The molecular weight excluding hydrogens is 194 g/mol. The molecule has 0 amide bonds. The second kappa shape index (κ2) is 3.89. The van der Waals surface area contributed by atoms with Crippen molar-refractivity contribution in [3.63, 3.8) is 0 Å². The van der Waals surface area contributed by atoms with Gasteiger partial charge in [0.05, 0.1) is 0 Å². The summed E-state index contributed by atoms with van der Waals surface area (Å²) < 4.78 is 0. The second-order valence-electron chi connectivity index (χ2n) is 6.04. The van der Waals surface area contributed by atoms with Gasteiger partial charge in [0, 0.05) is 24.5 Å². The minimum absolute atomic E-state index is 0.283. The van der Waals surface area contributed by atoms with Crippen LogP contribution >= 0.6 is 0 Å². The van der Waals surface area contributed by atoms with Gasteiger partial charge in [-0.15, -0.1) is 0 Å². The zero-order chi connectivity index (χ0) is 11.9. The number of aryl methyl sites for hydroxylation is 1. The van der Waals surface area contributed by atoms with Crippen molar-refractivity contribution in [2.75, 3.05) is 6.54 Å². The van der Waals surface area contributed by atoms with Crippen LogP contribution in [-0.4, -0.2) is 17.5 Å². The zero-order valence-corrected chi connectivity index (χ0v) is 11.2. The van der Waals surface area contributed by atoms with E-state index in [0.717, 1.165) is 6.54 Å². The molecule has 0 bridgehead atoms.